The predicted molar refractivity (Wildman–Crippen MR) is 92.3 cm³/mol. The van der Waals surface area contributed by atoms with E-state index >= 15 is 0 Å². The Morgan fingerprint density at radius 3 is 2.29 bits per heavy atom. The Morgan fingerprint density at radius 1 is 1.08 bits per heavy atom. The van der Waals surface area contributed by atoms with E-state index in [-0.39, 0.29) is 12.3 Å². The summed E-state index contributed by atoms with van der Waals surface area (Å²) >= 11 is 0. The molecule has 2 aromatic rings. The highest BCUT2D eigenvalue weighted by atomic mass is 16.5. The third-order valence-corrected chi connectivity index (χ3v) is 3.29. The molecule has 0 heterocycles. The molecule has 24 heavy (non-hydrogen) atoms. The van der Waals surface area contributed by atoms with Gasteiger partial charge in [0.15, 0.2) is 11.5 Å². The Bertz CT molecular complexity index is 736. The summed E-state index contributed by atoms with van der Waals surface area (Å²) in [6, 6.07) is 14.7. The van der Waals surface area contributed by atoms with E-state index in [0.717, 1.165) is 5.56 Å². The zero-order valence-corrected chi connectivity index (χ0v) is 13.8. The van der Waals surface area contributed by atoms with Crippen molar-refractivity contribution in [2.75, 3.05) is 18.5 Å². The van der Waals surface area contributed by atoms with Crippen LogP contribution in [0.1, 0.15) is 25.0 Å². The van der Waals surface area contributed by atoms with Crippen molar-refractivity contribution in [3.8, 4) is 17.6 Å². The van der Waals surface area contributed by atoms with Crippen LogP contribution in [-0.4, -0.2) is 19.1 Å². The molecule has 0 saturated carbocycles. The summed E-state index contributed by atoms with van der Waals surface area (Å²) in [7, 11) is 0. The van der Waals surface area contributed by atoms with E-state index < -0.39 is 0 Å². The Morgan fingerprint density at radius 2 is 1.71 bits per heavy atom. The number of hydrogen-bond acceptors (Lipinski definition) is 4. The summed E-state index contributed by atoms with van der Waals surface area (Å²) in [5.41, 5.74) is 1.66. The third-order valence-electron chi connectivity index (χ3n) is 3.29. The highest BCUT2D eigenvalue weighted by Crippen LogP contribution is 2.33. The van der Waals surface area contributed by atoms with Crippen molar-refractivity contribution in [3.63, 3.8) is 0 Å². The third kappa shape index (κ3) is 4.50. The van der Waals surface area contributed by atoms with E-state index in [9.17, 15) is 10.1 Å². The second-order valence-electron chi connectivity index (χ2n) is 5.03. The molecule has 2 aromatic carbocycles. The number of nitrogens with one attached hydrogen (secondary N) is 1. The molecule has 0 aromatic heterocycles. The highest BCUT2D eigenvalue weighted by Gasteiger charge is 2.14. The first-order valence-corrected chi connectivity index (χ1v) is 7.85. The van der Waals surface area contributed by atoms with Gasteiger partial charge in [-0.3, -0.25) is 4.79 Å². The number of carbonyl (C=O) groups is 1. The van der Waals surface area contributed by atoms with Crippen molar-refractivity contribution >= 4 is 11.6 Å². The van der Waals surface area contributed by atoms with Gasteiger partial charge in [0.25, 0.3) is 0 Å². The molecule has 0 unspecified atom stereocenters. The average molecular weight is 324 g/mol. The van der Waals surface area contributed by atoms with E-state index in [2.05, 4.69) is 11.4 Å². The van der Waals surface area contributed by atoms with E-state index in [1.165, 1.54) is 0 Å². The number of anilines is 1. The van der Waals surface area contributed by atoms with Crippen molar-refractivity contribution in [2.45, 2.75) is 20.3 Å². The van der Waals surface area contributed by atoms with Crippen LogP contribution in [0.25, 0.3) is 0 Å². The van der Waals surface area contributed by atoms with E-state index in [0.29, 0.717) is 36.0 Å². The first-order valence-electron chi connectivity index (χ1n) is 7.85. The van der Waals surface area contributed by atoms with Crippen LogP contribution < -0.4 is 14.8 Å². The molecule has 0 atom stereocenters. The molecule has 1 amide bonds. The Hall–Kier alpha value is -3.00. The first-order chi connectivity index (χ1) is 11.7. The fourth-order valence-electron chi connectivity index (χ4n) is 2.27. The number of benzene rings is 2. The van der Waals surface area contributed by atoms with Gasteiger partial charge in [0.05, 0.1) is 30.9 Å². The summed E-state index contributed by atoms with van der Waals surface area (Å²) in [6.07, 6.45) is 0.239. The molecule has 0 aliphatic rings. The maximum Gasteiger partial charge on any atom is 0.228 e. The highest BCUT2D eigenvalue weighted by molar-refractivity contribution is 5.94. The van der Waals surface area contributed by atoms with Gasteiger partial charge in [0.1, 0.15) is 6.07 Å². The van der Waals surface area contributed by atoms with Gasteiger partial charge >= 0.3 is 0 Å². The van der Waals surface area contributed by atoms with Crippen molar-refractivity contribution in [3.05, 3.63) is 53.6 Å². The molecular weight excluding hydrogens is 304 g/mol. The Kier molecular flexibility index (Phi) is 6.21. The predicted octanol–water partition coefficient (Wildman–Crippen LogP) is 3.54. The Labute approximate surface area is 141 Å². The molecule has 5 nitrogen and oxygen atoms in total. The van der Waals surface area contributed by atoms with Gasteiger partial charge in [-0.25, -0.2) is 0 Å². The maximum absolute atomic E-state index is 12.2. The number of hydrogen-bond donors (Lipinski definition) is 1. The van der Waals surface area contributed by atoms with Gasteiger partial charge in [-0.2, -0.15) is 5.26 Å². The van der Waals surface area contributed by atoms with Gasteiger partial charge in [0, 0.05) is 12.1 Å². The van der Waals surface area contributed by atoms with Gasteiger partial charge in [-0.1, -0.05) is 30.3 Å². The topological polar surface area (TPSA) is 71.3 Å². The van der Waals surface area contributed by atoms with Crippen LogP contribution in [0.5, 0.6) is 11.5 Å². The molecule has 0 fully saturated rings. The number of rotatable bonds is 7. The molecule has 5 heteroatoms. The molecular formula is C19H20N2O3. The van der Waals surface area contributed by atoms with Crippen molar-refractivity contribution in [1.82, 2.24) is 0 Å². The van der Waals surface area contributed by atoms with Crippen molar-refractivity contribution in [2.24, 2.45) is 0 Å². The van der Waals surface area contributed by atoms with Gasteiger partial charge in [-0.05, 0) is 19.4 Å². The van der Waals surface area contributed by atoms with Gasteiger partial charge in [-0.15, -0.1) is 0 Å². The molecule has 2 rings (SSSR count). The lowest BCUT2D eigenvalue weighted by Gasteiger charge is -2.14. The van der Waals surface area contributed by atoms with E-state index in [4.69, 9.17) is 9.47 Å². The molecule has 0 aliphatic heterocycles. The maximum atomic E-state index is 12.2. The van der Waals surface area contributed by atoms with Crippen LogP contribution in [0.3, 0.4) is 0 Å². The van der Waals surface area contributed by atoms with Crippen LogP contribution in [0.4, 0.5) is 5.69 Å². The minimum absolute atomic E-state index is 0.190. The number of nitrogens with zero attached hydrogens (tertiary/aromatic N) is 1. The van der Waals surface area contributed by atoms with E-state index in [1.54, 1.807) is 12.1 Å². The summed E-state index contributed by atoms with van der Waals surface area (Å²) in [4.78, 5) is 12.2. The van der Waals surface area contributed by atoms with Crippen LogP contribution >= 0.6 is 0 Å². The van der Waals surface area contributed by atoms with E-state index in [1.807, 2.05) is 44.2 Å². The largest absolute Gasteiger partial charge is 0.490 e. The van der Waals surface area contributed by atoms with Gasteiger partial charge in [0.2, 0.25) is 5.91 Å². The minimum Gasteiger partial charge on any atom is -0.490 e. The standard InChI is InChI=1S/C19H20N2O3/c1-3-23-17-11-15(13-20)16(12-18(17)24-4-2)21-19(22)10-14-8-6-5-7-9-14/h5-9,11-12H,3-4,10H2,1-2H3,(H,21,22). The summed E-state index contributed by atoms with van der Waals surface area (Å²) < 4.78 is 11.0. The van der Waals surface area contributed by atoms with Crippen molar-refractivity contribution < 1.29 is 14.3 Å². The number of carbonyl (C=O) groups excluding carboxylic acids is 1. The quantitative estimate of drug-likeness (QED) is 0.845. The molecule has 0 bridgehead atoms. The smallest absolute Gasteiger partial charge is 0.228 e. The zero-order chi connectivity index (χ0) is 17.4. The normalized spacial score (nSPS) is 9.88. The lowest BCUT2D eigenvalue weighted by molar-refractivity contribution is -0.115. The molecule has 0 aliphatic carbocycles. The van der Waals surface area contributed by atoms with Crippen LogP contribution in [0.2, 0.25) is 0 Å². The van der Waals surface area contributed by atoms with Gasteiger partial charge < -0.3 is 14.8 Å². The average Bonchev–Trinajstić information content (AvgIpc) is 2.58. The minimum atomic E-state index is -0.190. The number of nitriles is 1. The lowest BCUT2D eigenvalue weighted by Crippen LogP contribution is -2.15. The second kappa shape index (κ2) is 8.59. The molecule has 124 valence electrons. The lowest BCUT2D eigenvalue weighted by atomic mass is 10.1. The second-order valence-corrected chi connectivity index (χ2v) is 5.03. The molecule has 0 saturated heterocycles. The zero-order valence-electron chi connectivity index (χ0n) is 13.8. The fourth-order valence-corrected chi connectivity index (χ4v) is 2.27. The molecule has 0 radical (unpaired) electrons. The summed E-state index contributed by atoms with van der Waals surface area (Å²) in [5.74, 6) is 0.814. The molecule has 1 N–H and O–H groups in total. The monoisotopic (exact) mass is 324 g/mol. The summed E-state index contributed by atoms with van der Waals surface area (Å²) in [6.45, 7) is 4.65. The van der Waals surface area contributed by atoms with Crippen LogP contribution in [0.15, 0.2) is 42.5 Å². The van der Waals surface area contributed by atoms with Crippen molar-refractivity contribution in [1.29, 1.82) is 5.26 Å². The van der Waals surface area contributed by atoms with Crippen LogP contribution in [-0.2, 0) is 11.2 Å². The van der Waals surface area contributed by atoms with Crippen LogP contribution in [0, 0.1) is 11.3 Å². The SMILES string of the molecule is CCOc1cc(C#N)c(NC(=O)Cc2ccccc2)cc1OCC. The molecule has 0 spiro atoms. The summed E-state index contributed by atoms with van der Waals surface area (Å²) in [5, 5.41) is 12.1. The number of amides is 1. The fraction of sp³-hybridized carbons (Fsp3) is 0.263. The number of ether oxygens (including phenoxy) is 2. The first kappa shape index (κ1) is 17.4. The Balaban J connectivity index is 2.23.